The van der Waals surface area contributed by atoms with Crippen LogP contribution in [0.4, 0.5) is 43.3 Å². The molecule has 1 aromatic heterocycles. The number of nitrogens with one attached hydrogen (secondary N) is 2. The summed E-state index contributed by atoms with van der Waals surface area (Å²) < 4.78 is 32.1. The van der Waals surface area contributed by atoms with Crippen molar-refractivity contribution in [3.8, 4) is 5.75 Å². The van der Waals surface area contributed by atoms with Crippen molar-refractivity contribution >= 4 is 40.4 Å². The molecule has 2 aromatic carbocycles. The Bertz CT molecular complexity index is 1430. The van der Waals surface area contributed by atoms with Gasteiger partial charge in [0.1, 0.15) is 5.82 Å². The Morgan fingerprint density at radius 1 is 0.974 bits per heavy atom. The summed E-state index contributed by atoms with van der Waals surface area (Å²) in [6, 6.07) is 12.1. The van der Waals surface area contributed by atoms with Crippen molar-refractivity contribution in [2.24, 2.45) is 0 Å². The Morgan fingerprint density at radius 2 is 1.74 bits per heavy atom. The Labute approximate surface area is 219 Å². The van der Waals surface area contributed by atoms with E-state index in [0.29, 0.717) is 29.5 Å². The monoisotopic (exact) mass is 521 g/mol. The van der Waals surface area contributed by atoms with Gasteiger partial charge in [-0.1, -0.05) is 0 Å². The predicted octanol–water partition coefficient (Wildman–Crippen LogP) is 4.42. The normalized spacial score (nSPS) is 21.9. The van der Waals surface area contributed by atoms with Gasteiger partial charge in [0, 0.05) is 61.0 Å². The van der Waals surface area contributed by atoms with Crippen LogP contribution in [0.2, 0.25) is 0 Å². The van der Waals surface area contributed by atoms with Gasteiger partial charge in [-0.15, -0.1) is 0 Å². The Kier molecular flexibility index (Phi) is 5.64. The van der Waals surface area contributed by atoms with Gasteiger partial charge in [-0.25, -0.2) is 4.98 Å². The number of carbonyl (C=O) groups excluding carboxylic acids is 1. The molecule has 4 heterocycles. The number of aryl methyl sites for hydroxylation is 2. The number of ether oxygens (including phenoxy) is 1. The number of benzene rings is 2. The minimum atomic E-state index is -3.89. The first-order valence-corrected chi connectivity index (χ1v) is 12.5. The zero-order valence-corrected chi connectivity index (χ0v) is 21.6. The van der Waals surface area contributed by atoms with Crippen molar-refractivity contribution in [1.82, 2.24) is 14.9 Å². The van der Waals surface area contributed by atoms with E-state index in [1.54, 1.807) is 18.3 Å². The number of likely N-dealkylation sites (N-methyl/N-ethyl adjacent to an activating group) is 2. The lowest BCUT2D eigenvalue weighted by molar-refractivity contribution is -0.192. The van der Waals surface area contributed by atoms with E-state index in [1.807, 2.05) is 13.0 Å². The fourth-order valence-electron chi connectivity index (χ4n) is 5.54. The van der Waals surface area contributed by atoms with Gasteiger partial charge >= 0.3 is 12.0 Å². The highest BCUT2D eigenvalue weighted by molar-refractivity contribution is 6.01. The summed E-state index contributed by atoms with van der Waals surface area (Å²) in [4.78, 5) is 26.8. The molecule has 2 saturated heterocycles. The number of rotatable bonds is 5. The van der Waals surface area contributed by atoms with Gasteiger partial charge in [0.25, 0.3) is 0 Å². The molecule has 3 aliphatic heterocycles. The summed E-state index contributed by atoms with van der Waals surface area (Å²) in [5, 5.41) is 6.48. The standard InChI is InChI=1S/C27H29F2N7O2/c1-15-9-17(5-7-21(15)36-14-19-11-20(36)13-34(19)3)32-26-30-12-16(2)24(33-26)31-18-6-8-23-22(10-18)35(4)25(37)27(28,29)38-23/h5-10,12,19-20H,11,13-14H2,1-4H3,(H2,30,31,32,33). The molecule has 2 unspecified atom stereocenters. The molecule has 198 valence electrons. The zero-order chi connectivity index (χ0) is 26.8. The van der Waals surface area contributed by atoms with Gasteiger partial charge in [-0.05, 0) is 69.3 Å². The van der Waals surface area contributed by atoms with E-state index < -0.39 is 12.0 Å². The summed E-state index contributed by atoms with van der Waals surface area (Å²) in [5.41, 5.74) is 4.94. The molecule has 11 heteroatoms. The molecule has 3 aromatic rings. The number of alkyl halides is 2. The van der Waals surface area contributed by atoms with Crippen LogP contribution in [-0.2, 0) is 4.79 Å². The Morgan fingerprint density at radius 3 is 2.45 bits per heavy atom. The molecule has 0 aliphatic carbocycles. The second-order valence-corrected chi connectivity index (χ2v) is 10.3. The number of hydrogen-bond acceptors (Lipinski definition) is 8. The molecule has 3 aliphatic rings. The van der Waals surface area contributed by atoms with E-state index in [-0.39, 0.29) is 11.4 Å². The number of likely N-dealkylation sites (tertiary alicyclic amines) is 1. The van der Waals surface area contributed by atoms with Crippen molar-refractivity contribution in [2.75, 3.05) is 47.6 Å². The fourth-order valence-corrected chi connectivity index (χ4v) is 5.54. The zero-order valence-electron chi connectivity index (χ0n) is 21.6. The van der Waals surface area contributed by atoms with Crippen LogP contribution in [-0.4, -0.2) is 66.2 Å². The third-order valence-corrected chi connectivity index (χ3v) is 7.62. The number of carbonyl (C=O) groups is 1. The van der Waals surface area contributed by atoms with E-state index in [0.717, 1.165) is 29.2 Å². The number of amides is 1. The maximum absolute atomic E-state index is 13.8. The third-order valence-electron chi connectivity index (χ3n) is 7.62. The number of nitrogens with zero attached hydrogens (tertiary/aromatic N) is 5. The number of piperazine rings is 1. The lowest BCUT2D eigenvalue weighted by Crippen LogP contribution is -2.49. The molecule has 2 N–H and O–H groups in total. The van der Waals surface area contributed by atoms with Crippen LogP contribution < -0.4 is 25.2 Å². The van der Waals surface area contributed by atoms with Crippen molar-refractivity contribution in [3.63, 3.8) is 0 Å². The van der Waals surface area contributed by atoms with E-state index in [2.05, 4.69) is 61.2 Å². The van der Waals surface area contributed by atoms with Gasteiger partial charge < -0.3 is 25.2 Å². The summed E-state index contributed by atoms with van der Waals surface area (Å²) in [6.07, 6.45) is -0.963. The first-order chi connectivity index (χ1) is 18.1. The van der Waals surface area contributed by atoms with Gasteiger partial charge in [0.15, 0.2) is 5.75 Å². The Balaban J connectivity index is 1.19. The molecule has 0 spiro atoms. The Hall–Kier alpha value is -3.99. The molecule has 9 nitrogen and oxygen atoms in total. The van der Waals surface area contributed by atoms with E-state index in [4.69, 9.17) is 0 Å². The highest BCUT2D eigenvalue weighted by Crippen LogP contribution is 2.41. The summed E-state index contributed by atoms with van der Waals surface area (Å²) in [6.45, 7) is 6.15. The van der Waals surface area contributed by atoms with Crippen LogP contribution in [0.15, 0.2) is 42.6 Å². The number of aromatic nitrogens is 2. The largest absolute Gasteiger partial charge is 0.482 e. The smallest absolute Gasteiger partial charge is 0.423 e. The van der Waals surface area contributed by atoms with Crippen molar-refractivity contribution < 1.29 is 18.3 Å². The van der Waals surface area contributed by atoms with Crippen LogP contribution in [0, 0.1) is 13.8 Å². The average molecular weight is 522 g/mol. The summed E-state index contributed by atoms with van der Waals surface area (Å²) >= 11 is 0. The average Bonchev–Trinajstić information content (AvgIpc) is 3.45. The topological polar surface area (TPSA) is 85.9 Å². The first kappa shape index (κ1) is 24.4. The van der Waals surface area contributed by atoms with Crippen LogP contribution in [0.1, 0.15) is 17.5 Å². The van der Waals surface area contributed by atoms with Crippen LogP contribution in [0.5, 0.6) is 5.75 Å². The number of fused-ring (bicyclic) bond motifs is 3. The molecule has 2 bridgehead atoms. The van der Waals surface area contributed by atoms with Crippen LogP contribution in [0.3, 0.4) is 0 Å². The maximum atomic E-state index is 13.8. The lowest BCUT2D eigenvalue weighted by Gasteiger charge is -2.34. The van der Waals surface area contributed by atoms with Crippen LogP contribution >= 0.6 is 0 Å². The molecule has 0 radical (unpaired) electrons. The second kappa shape index (κ2) is 8.80. The molecule has 6 rings (SSSR count). The van der Waals surface area contributed by atoms with Crippen molar-refractivity contribution in [3.05, 3.63) is 53.7 Å². The molecule has 2 atom stereocenters. The highest BCUT2D eigenvalue weighted by Gasteiger charge is 2.49. The summed E-state index contributed by atoms with van der Waals surface area (Å²) in [7, 11) is 3.49. The SMILES string of the molecule is Cc1cc(Nc2ncc(C)c(Nc3ccc4c(c3)N(C)C(=O)C(F)(F)O4)n2)ccc1N1CC2CC1CN2C. The number of halogens is 2. The lowest BCUT2D eigenvalue weighted by atomic mass is 10.1. The van der Waals surface area contributed by atoms with Crippen molar-refractivity contribution in [1.29, 1.82) is 0 Å². The van der Waals surface area contributed by atoms with Gasteiger partial charge in [0.2, 0.25) is 5.95 Å². The molecular formula is C27H29F2N7O2. The molecular weight excluding hydrogens is 492 g/mol. The number of anilines is 6. The summed E-state index contributed by atoms with van der Waals surface area (Å²) in [5.74, 6) is -0.529. The van der Waals surface area contributed by atoms with E-state index in [9.17, 15) is 13.6 Å². The van der Waals surface area contributed by atoms with Gasteiger partial charge in [-0.3, -0.25) is 9.69 Å². The minimum absolute atomic E-state index is 0.0722. The molecule has 2 fully saturated rings. The molecule has 0 saturated carbocycles. The van der Waals surface area contributed by atoms with E-state index >= 15 is 0 Å². The van der Waals surface area contributed by atoms with Gasteiger partial charge in [0.05, 0.1) is 5.69 Å². The van der Waals surface area contributed by atoms with Crippen LogP contribution in [0.25, 0.3) is 0 Å². The first-order valence-electron chi connectivity index (χ1n) is 12.5. The minimum Gasteiger partial charge on any atom is -0.423 e. The molecule has 1 amide bonds. The van der Waals surface area contributed by atoms with Crippen molar-refractivity contribution in [2.45, 2.75) is 38.5 Å². The van der Waals surface area contributed by atoms with E-state index in [1.165, 1.54) is 30.8 Å². The highest BCUT2D eigenvalue weighted by atomic mass is 19.3. The maximum Gasteiger partial charge on any atom is 0.482 e. The number of hydrogen-bond donors (Lipinski definition) is 2. The third kappa shape index (κ3) is 4.16. The van der Waals surface area contributed by atoms with Gasteiger partial charge in [-0.2, -0.15) is 13.8 Å². The molecule has 38 heavy (non-hydrogen) atoms. The predicted molar refractivity (Wildman–Crippen MR) is 142 cm³/mol. The second-order valence-electron chi connectivity index (χ2n) is 10.3. The fraction of sp³-hybridized carbons (Fsp3) is 0.370. The quantitative estimate of drug-likeness (QED) is 0.511.